The van der Waals surface area contributed by atoms with Crippen LogP contribution in [-0.4, -0.2) is 113 Å². The van der Waals surface area contributed by atoms with Crippen LogP contribution in [0.5, 0.6) is 5.75 Å². The average molecular weight is 633 g/mol. The van der Waals surface area contributed by atoms with Crippen molar-refractivity contribution < 1.29 is 34.0 Å². The van der Waals surface area contributed by atoms with Gasteiger partial charge in [-0.25, -0.2) is 9.97 Å². The summed E-state index contributed by atoms with van der Waals surface area (Å²) in [4.78, 5) is 39.5. The molecule has 0 saturated carbocycles. The van der Waals surface area contributed by atoms with Crippen LogP contribution in [0.2, 0.25) is 0 Å². The third-order valence-corrected chi connectivity index (χ3v) is 8.88. The lowest BCUT2D eigenvalue weighted by Gasteiger charge is -2.42. The van der Waals surface area contributed by atoms with E-state index in [0.717, 1.165) is 11.3 Å². The number of nitrogens with zero attached hydrogens (tertiary/aromatic N) is 4. The Labute approximate surface area is 265 Å². The number of thioether (sulfide) groups is 1. The van der Waals surface area contributed by atoms with Gasteiger partial charge in [0, 0.05) is 58.1 Å². The number of aryl methyl sites for hydroxylation is 1. The molecule has 0 radical (unpaired) electrons. The number of aliphatic hydroxyl groups excluding tert-OH is 2. The summed E-state index contributed by atoms with van der Waals surface area (Å²) in [6.07, 6.45) is -0.288. The molecule has 2 amide bonds. The molecule has 2 N–H and O–H groups in total. The Morgan fingerprint density at radius 2 is 1.93 bits per heavy atom. The van der Waals surface area contributed by atoms with E-state index in [2.05, 4.69) is 23.8 Å². The predicted octanol–water partition coefficient (Wildman–Crippen LogP) is 3.12. The molecule has 1 aromatic heterocycles. The molecule has 5 atom stereocenters. The van der Waals surface area contributed by atoms with Gasteiger partial charge < -0.3 is 34.2 Å². The summed E-state index contributed by atoms with van der Waals surface area (Å²) in [7, 11) is 3.06. The molecular weight excluding hydrogens is 584 g/mol. The number of carbonyl (C=O) groups excluding carboxylic acids is 2. The van der Waals surface area contributed by atoms with Gasteiger partial charge in [0.15, 0.2) is 5.16 Å². The minimum absolute atomic E-state index is 0.0478. The quantitative estimate of drug-likeness (QED) is 0.346. The summed E-state index contributed by atoms with van der Waals surface area (Å²) in [6, 6.07) is 9.13. The van der Waals surface area contributed by atoms with E-state index in [1.807, 2.05) is 42.2 Å². The van der Waals surface area contributed by atoms with E-state index < -0.39 is 24.4 Å². The van der Waals surface area contributed by atoms with Crippen LogP contribution in [0.25, 0.3) is 0 Å². The molecule has 244 valence electrons. The number of aromatic nitrogens is 2. The van der Waals surface area contributed by atoms with E-state index in [4.69, 9.17) is 14.2 Å². The monoisotopic (exact) mass is 632 g/mol. The lowest BCUT2D eigenvalue weighted by Crippen LogP contribution is -2.51. The molecule has 2 heterocycles. The lowest BCUT2D eigenvalue weighted by atomic mass is 9.82. The molecule has 0 bridgehead atoms. The van der Waals surface area contributed by atoms with Gasteiger partial charge in [0.2, 0.25) is 11.8 Å². The van der Waals surface area contributed by atoms with Crippen LogP contribution in [-0.2, 0) is 19.1 Å². The van der Waals surface area contributed by atoms with E-state index in [-0.39, 0.29) is 42.6 Å². The molecule has 44 heavy (non-hydrogen) atoms. The Hall–Kier alpha value is -2.77. The summed E-state index contributed by atoms with van der Waals surface area (Å²) in [5, 5.41) is 22.0. The van der Waals surface area contributed by atoms with Crippen molar-refractivity contribution in [3.05, 3.63) is 47.8 Å². The maximum Gasteiger partial charge on any atom is 0.233 e. The molecule has 3 rings (SSSR count). The highest BCUT2D eigenvalue weighted by atomic mass is 32.2. The summed E-state index contributed by atoms with van der Waals surface area (Å²) in [5.74, 6) is 0.395. The van der Waals surface area contributed by atoms with E-state index in [1.165, 1.54) is 25.8 Å². The first-order valence-electron chi connectivity index (χ1n) is 15.1. The number of hydrogen-bond donors (Lipinski definition) is 2. The Bertz CT molecular complexity index is 1200. The molecule has 12 heteroatoms. The minimum atomic E-state index is -1.25. The number of amides is 2. The normalized spacial score (nSPS) is 24.4. The van der Waals surface area contributed by atoms with Crippen molar-refractivity contribution in [3.8, 4) is 5.75 Å². The number of ether oxygens (including phenoxy) is 3. The van der Waals surface area contributed by atoms with Crippen LogP contribution in [0.15, 0.2) is 41.7 Å². The van der Waals surface area contributed by atoms with E-state index in [1.54, 1.807) is 18.2 Å². The summed E-state index contributed by atoms with van der Waals surface area (Å²) < 4.78 is 16.8. The van der Waals surface area contributed by atoms with Gasteiger partial charge in [-0.3, -0.25) is 9.59 Å². The Morgan fingerprint density at radius 1 is 1.16 bits per heavy atom. The third-order valence-electron chi connectivity index (χ3n) is 8.03. The van der Waals surface area contributed by atoms with Crippen molar-refractivity contribution >= 4 is 23.6 Å². The van der Waals surface area contributed by atoms with Gasteiger partial charge in [0.1, 0.15) is 24.1 Å². The van der Waals surface area contributed by atoms with Gasteiger partial charge >= 0.3 is 0 Å². The maximum atomic E-state index is 14.2. The molecule has 1 saturated heterocycles. The van der Waals surface area contributed by atoms with Crippen LogP contribution in [0.3, 0.4) is 0 Å². The van der Waals surface area contributed by atoms with Gasteiger partial charge in [0.25, 0.3) is 0 Å². The number of benzene rings is 1. The van der Waals surface area contributed by atoms with Crippen molar-refractivity contribution in [1.82, 2.24) is 19.8 Å². The minimum Gasteiger partial charge on any atom is -0.497 e. The molecule has 1 aliphatic heterocycles. The van der Waals surface area contributed by atoms with Crippen molar-refractivity contribution in [1.29, 1.82) is 0 Å². The van der Waals surface area contributed by atoms with Gasteiger partial charge in [-0.05, 0) is 49.4 Å². The van der Waals surface area contributed by atoms with Crippen molar-refractivity contribution in [3.63, 3.8) is 0 Å². The Kier molecular flexibility index (Phi) is 14.3. The fourth-order valence-electron chi connectivity index (χ4n) is 5.44. The molecule has 0 unspecified atom stereocenters. The van der Waals surface area contributed by atoms with Crippen molar-refractivity contribution in [2.75, 3.05) is 52.8 Å². The molecule has 1 aliphatic rings. The largest absolute Gasteiger partial charge is 0.497 e. The molecule has 1 aromatic carbocycles. The summed E-state index contributed by atoms with van der Waals surface area (Å²) in [6.45, 7) is 8.63. The fourth-order valence-corrected chi connectivity index (χ4v) is 6.21. The maximum absolute atomic E-state index is 14.2. The predicted molar refractivity (Wildman–Crippen MR) is 168 cm³/mol. The molecule has 2 aromatic rings. The zero-order chi connectivity index (χ0) is 32.2. The Morgan fingerprint density at radius 3 is 2.59 bits per heavy atom. The summed E-state index contributed by atoms with van der Waals surface area (Å²) >= 11 is 1.30. The first-order valence-corrected chi connectivity index (χ1v) is 16.1. The standard InChI is InChI=1S/C32H48N4O7S/c1-21(2)26-17-35(23(4)37)18-28(42-6)31(40)27(38)19-43-15-8-7-14-36(30(26)24-10-9-11-25(16-24)41-5)29(39)20-44-32-33-13-12-22(3)34-32/h9-13,16,21,26-28,30-31,38,40H,7-8,14-15,17-20H2,1-6H3/t26-,27+,28+,30-,31+/m1/s1. The van der Waals surface area contributed by atoms with Crippen molar-refractivity contribution in [2.24, 2.45) is 11.8 Å². The van der Waals surface area contributed by atoms with Crippen LogP contribution in [0.4, 0.5) is 0 Å². The first-order chi connectivity index (χ1) is 21.0. The SMILES string of the molecule is COc1cccc([C@@H]2[C@@H](C(C)C)CN(C(C)=O)C[C@H](OC)[C@@H](O)[C@@H](O)COCCCCN2C(=O)CSc2nccc(C)n2)c1. The smallest absolute Gasteiger partial charge is 0.233 e. The van der Waals surface area contributed by atoms with Crippen LogP contribution < -0.4 is 4.74 Å². The zero-order valence-corrected chi connectivity index (χ0v) is 27.5. The first kappa shape index (κ1) is 35.7. The molecule has 1 fully saturated rings. The number of aliphatic hydroxyl groups is 2. The topological polar surface area (TPSA) is 135 Å². The van der Waals surface area contributed by atoms with Gasteiger partial charge in [-0.2, -0.15) is 0 Å². The highest BCUT2D eigenvalue weighted by Gasteiger charge is 2.37. The van der Waals surface area contributed by atoms with E-state index in [0.29, 0.717) is 43.4 Å². The van der Waals surface area contributed by atoms with Crippen LogP contribution >= 0.6 is 11.8 Å². The van der Waals surface area contributed by atoms with Gasteiger partial charge in [-0.15, -0.1) is 0 Å². The average Bonchev–Trinajstić information content (AvgIpc) is 3.01. The number of hydrogen-bond acceptors (Lipinski definition) is 10. The third kappa shape index (κ3) is 10.1. The lowest BCUT2D eigenvalue weighted by molar-refractivity contribution is -0.139. The number of rotatable bonds is 7. The molecule has 11 nitrogen and oxygen atoms in total. The second-order valence-electron chi connectivity index (χ2n) is 11.5. The number of methoxy groups -OCH3 is 2. The Balaban J connectivity index is 2.08. The molecule has 0 aliphatic carbocycles. The van der Waals surface area contributed by atoms with Gasteiger partial charge in [-0.1, -0.05) is 37.7 Å². The highest BCUT2D eigenvalue weighted by Crippen LogP contribution is 2.37. The second kappa shape index (κ2) is 17.6. The van der Waals surface area contributed by atoms with Gasteiger partial charge in [0.05, 0.1) is 25.5 Å². The number of carbonyl (C=O) groups is 2. The molecule has 0 spiro atoms. The van der Waals surface area contributed by atoms with E-state index >= 15 is 0 Å². The summed E-state index contributed by atoms with van der Waals surface area (Å²) in [5.41, 5.74) is 1.73. The molecular formula is C32H48N4O7S. The van der Waals surface area contributed by atoms with Crippen LogP contribution in [0, 0.1) is 18.8 Å². The second-order valence-corrected chi connectivity index (χ2v) is 12.5. The zero-order valence-electron chi connectivity index (χ0n) is 26.7. The fraction of sp³-hybridized carbons (Fsp3) is 0.625. The van der Waals surface area contributed by atoms with Crippen molar-refractivity contribution in [2.45, 2.75) is 70.0 Å². The van der Waals surface area contributed by atoms with E-state index in [9.17, 15) is 19.8 Å². The van der Waals surface area contributed by atoms with Crippen LogP contribution in [0.1, 0.15) is 50.9 Å². The highest BCUT2D eigenvalue weighted by molar-refractivity contribution is 7.99.